The molecule has 1 heterocycles. The Kier molecular flexibility index (Phi) is 1.86. The van der Waals surface area contributed by atoms with Gasteiger partial charge in [-0.3, -0.25) is 4.79 Å². The molecule has 1 aliphatic carbocycles. The second-order valence-electron chi connectivity index (χ2n) is 3.16. The van der Waals surface area contributed by atoms with E-state index in [9.17, 15) is 4.79 Å². The first-order valence-electron chi connectivity index (χ1n) is 4.18. The van der Waals surface area contributed by atoms with Crippen LogP contribution in [0.25, 0.3) is 0 Å². The van der Waals surface area contributed by atoms with Crippen molar-refractivity contribution >= 4 is 5.97 Å². The summed E-state index contributed by atoms with van der Waals surface area (Å²) in [5.41, 5.74) is 0. The van der Waals surface area contributed by atoms with Crippen LogP contribution in [0.5, 0.6) is 5.88 Å². The van der Waals surface area contributed by atoms with Gasteiger partial charge in [-0.05, 0) is 24.8 Å². The van der Waals surface area contributed by atoms with E-state index in [0.717, 1.165) is 0 Å². The van der Waals surface area contributed by atoms with Crippen molar-refractivity contribution in [2.75, 3.05) is 0 Å². The van der Waals surface area contributed by atoms with Gasteiger partial charge in [-0.25, -0.2) is 0 Å². The zero-order chi connectivity index (χ0) is 8.39. The van der Waals surface area contributed by atoms with Gasteiger partial charge in [0.1, 0.15) is 0 Å². The molecular formula is C9H11NO2. The van der Waals surface area contributed by atoms with Gasteiger partial charge < -0.3 is 9.72 Å². The number of hydrogen-bond donors (Lipinski definition) is 1. The van der Waals surface area contributed by atoms with Crippen LogP contribution in [0, 0.1) is 5.92 Å². The Labute approximate surface area is 70.7 Å². The maximum Gasteiger partial charge on any atom is 0.312 e. The Morgan fingerprint density at radius 1 is 1.67 bits per heavy atom. The minimum Gasteiger partial charge on any atom is -0.410 e. The number of aromatic nitrogens is 1. The van der Waals surface area contributed by atoms with Gasteiger partial charge in [0.05, 0.1) is 0 Å². The number of carbonyl (C=O) groups excluding carboxylic acids is 1. The monoisotopic (exact) mass is 165 g/mol. The molecule has 64 valence electrons. The molecule has 0 spiro atoms. The number of aromatic amines is 1. The Bertz CT molecular complexity index is 262. The second kappa shape index (κ2) is 3.01. The van der Waals surface area contributed by atoms with Gasteiger partial charge in [0, 0.05) is 18.7 Å². The van der Waals surface area contributed by atoms with Crippen LogP contribution in [-0.2, 0) is 4.79 Å². The molecule has 12 heavy (non-hydrogen) atoms. The van der Waals surface area contributed by atoms with Crippen molar-refractivity contribution < 1.29 is 9.53 Å². The van der Waals surface area contributed by atoms with Crippen molar-refractivity contribution in [3.63, 3.8) is 0 Å². The summed E-state index contributed by atoms with van der Waals surface area (Å²) < 4.78 is 5.01. The van der Waals surface area contributed by atoms with Gasteiger partial charge in [-0.15, -0.1) is 0 Å². The highest BCUT2D eigenvalue weighted by molar-refractivity contribution is 5.72. The molecule has 2 rings (SSSR count). The van der Waals surface area contributed by atoms with Crippen LogP contribution in [0.4, 0.5) is 0 Å². The summed E-state index contributed by atoms with van der Waals surface area (Å²) in [7, 11) is 0. The first-order chi connectivity index (χ1) is 5.84. The van der Waals surface area contributed by atoms with E-state index in [1.807, 2.05) is 0 Å². The molecule has 0 atom stereocenters. The van der Waals surface area contributed by atoms with Crippen LogP contribution in [0.1, 0.15) is 19.3 Å². The van der Waals surface area contributed by atoms with E-state index < -0.39 is 0 Å². The van der Waals surface area contributed by atoms with Crippen molar-refractivity contribution in [2.45, 2.75) is 19.3 Å². The fourth-order valence-electron chi connectivity index (χ4n) is 1.10. The standard InChI is InChI=1S/C9H11NO2/c11-9(6-7-3-4-7)12-8-2-1-5-10-8/h1-2,5,7,10H,3-4,6H2. The van der Waals surface area contributed by atoms with E-state index in [-0.39, 0.29) is 5.97 Å². The molecule has 1 aromatic heterocycles. The quantitative estimate of drug-likeness (QED) is 0.693. The molecule has 1 saturated carbocycles. The van der Waals surface area contributed by atoms with Crippen LogP contribution in [-0.4, -0.2) is 11.0 Å². The largest absolute Gasteiger partial charge is 0.410 e. The Morgan fingerprint density at radius 3 is 3.08 bits per heavy atom. The highest BCUT2D eigenvalue weighted by Gasteiger charge is 2.25. The maximum atomic E-state index is 11.1. The Morgan fingerprint density at radius 2 is 2.50 bits per heavy atom. The Hall–Kier alpha value is -1.25. The molecule has 0 aliphatic heterocycles. The lowest BCUT2D eigenvalue weighted by Gasteiger charge is -1.99. The number of H-pyrrole nitrogens is 1. The third-order valence-electron chi connectivity index (χ3n) is 1.95. The molecule has 1 aromatic rings. The van der Waals surface area contributed by atoms with E-state index in [1.165, 1.54) is 12.8 Å². The molecule has 1 aliphatic rings. The number of ether oxygens (including phenoxy) is 1. The second-order valence-corrected chi connectivity index (χ2v) is 3.16. The number of carbonyl (C=O) groups is 1. The van der Waals surface area contributed by atoms with Crippen molar-refractivity contribution in [2.24, 2.45) is 5.92 Å². The van der Waals surface area contributed by atoms with E-state index >= 15 is 0 Å². The van der Waals surface area contributed by atoms with Gasteiger partial charge in [-0.1, -0.05) is 0 Å². The molecule has 1 fully saturated rings. The van der Waals surface area contributed by atoms with E-state index in [2.05, 4.69) is 4.98 Å². The molecule has 0 amide bonds. The molecule has 0 bridgehead atoms. The van der Waals surface area contributed by atoms with Gasteiger partial charge in [0.15, 0.2) is 0 Å². The minimum atomic E-state index is -0.125. The first-order valence-corrected chi connectivity index (χ1v) is 4.18. The predicted octanol–water partition coefficient (Wildman–Crippen LogP) is 1.72. The molecular weight excluding hydrogens is 154 g/mol. The molecule has 1 N–H and O–H groups in total. The zero-order valence-electron chi connectivity index (χ0n) is 6.75. The van der Waals surface area contributed by atoms with Crippen molar-refractivity contribution in [1.29, 1.82) is 0 Å². The molecule has 3 heteroatoms. The number of rotatable bonds is 3. The van der Waals surface area contributed by atoms with E-state index in [0.29, 0.717) is 18.2 Å². The van der Waals surface area contributed by atoms with E-state index in [1.54, 1.807) is 18.3 Å². The molecule has 0 aromatic carbocycles. The first kappa shape index (κ1) is 7.40. The van der Waals surface area contributed by atoms with Gasteiger partial charge in [0.2, 0.25) is 5.88 Å². The zero-order valence-corrected chi connectivity index (χ0v) is 6.75. The van der Waals surface area contributed by atoms with Crippen molar-refractivity contribution in [3.05, 3.63) is 18.3 Å². The summed E-state index contributed by atoms with van der Waals surface area (Å²) >= 11 is 0. The summed E-state index contributed by atoms with van der Waals surface area (Å²) in [4.78, 5) is 13.9. The molecule has 3 nitrogen and oxygen atoms in total. The number of hydrogen-bond acceptors (Lipinski definition) is 2. The van der Waals surface area contributed by atoms with Gasteiger partial charge in [0.25, 0.3) is 0 Å². The van der Waals surface area contributed by atoms with Crippen molar-refractivity contribution in [1.82, 2.24) is 4.98 Å². The van der Waals surface area contributed by atoms with E-state index in [4.69, 9.17) is 4.74 Å². The smallest absolute Gasteiger partial charge is 0.312 e. The highest BCUT2D eigenvalue weighted by Crippen LogP contribution is 2.32. The number of nitrogens with one attached hydrogen (secondary N) is 1. The van der Waals surface area contributed by atoms with Gasteiger partial charge in [-0.2, -0.15) is 0 Å². The third kappa shape index (κ3) is 1.87. The van der Waals surface area contributed by atoms with Crippen LogP contribution in [0.15, 0.2) is 18.3 Å². The Balaban J connectivity index is 1.82. The molecule has 0 unspecified atom stereocenters. The average molecular weight is 165 g/mol. The number of esters is 1. The lowest BCUT2D eigenvalue weighted by Crippen LogP contribution is -2.08. The lowest BCUT2D eigenvalue weighted by molar-refractivity contribution is -0.135. The predicted molar refractivity (Wildman–Crippen MR) is 43.8 cm³/mol. The molecule has 0 radical (unpaired) electrons. The highest BCUT2D eigenvalue weighted by atomic mass is 16.5. The summed E-state index contributed by atoms with van der Waals surface area (Å²) in [5.74, 6) is 1.01. The molecule has 0 saturated heterocycles. The minimum absolute atomic E-state index is 0.125. The normalized spacial score (nSPS) is 16.0. The fraction of sp³-hybridized carbons (Fsp3) is 0.444. The van der Waals surface area contributed by atoms with Crippen molar-refractivity contribution in [3.8, 4) is 5.88 Å². The van der Waals surface area contributed by atoms with Crippen LogP contribution in [0.3, 0.4) is 0 Å². The van der Waals surface area contributed by atoms with Crippen LogP contribution >= 0.6 is 0 Å². The summed E-state index contributed by atoms with van der Waals surface area (Å²) in [6.45, 7) is 0. The summed E-state index contributed by atoms with van der Waals surface area (Å²) in [6, 6.07) is 3.55. The fourth-order valence-corrected chi connectivity index (χ4v) is 1.10. The topological polar surface area (TPSA) is 42.1 Å². The van der Waals surface area contributed by atoms with Gasteiger partial charge >= 0.3 is 5.97 Å². The summed E-state index contributed by atoms with van der Waals surface area (Å²) in [6.07, 6.45) is 4.67. The van der Waals surface area contributed by atoms with Crippen LogP contribution < -0.4 is 4.74 Å². The van der Waals surface area contributed by atoms with Crippen LogP contribution in [0.2, 0.25) is 0 Å². The SMILES string of the molecule is O=C(CC1CC1)Oc1ccc[nH]1. The summed E-state index contributed by atoms with van der Waals surface area (Å²) in [5, 5.41) is 0. The maximum absolute atomic E-state index is 11.1. The third-order valence-corrected chi connectivity index (χ3v) is 1.95. The lowest BCUT2D eigenvalue weighted by atomic mass is 10.3. The average Bonchev–Trinajstić information content (AvgIpc) is 2.66.